The maximum absolute atomic E-state index is 10.8. The van der Waals surface area contributed by atoms with E-state index in [-0.39, 0.29) is 11.5 Å². The van der Waals surface area contributed by atoms with Crippen molar-refractivity contribution in [3.05, 3.63) is 48.2 Å². The van der Waals surface area contributed by atoms with Crippen LogP contribution in [0.15, 0.2) is 32.5 Å². The number of ether oxygens (including phenoxy) is 1. The molecular formula is C11H7Br2N3O3. The van der Waals surface area contributed by atoms with Crippen LogP contribution in [0.1, 0.15) is 11.5 Å². The molecule has 98 valence electrons. The molecule has 0 bridgehead atoms. The molecule has 2 N–H and O–H groups in total. The minimum atomic E-state index is -0.711. The zero-order valence-electron chi connectivity index (χ0n) is 9.39. The highest BCUT2D eigenvalue weighted by Crippen LogP contribution is 2.43. The monoisotopic (exact) mass is 387 g/mol. The molecule has 1 heterocycles. The summed E-state index contributed by atoms with van der Waals surface area (Å²) in [7, 11) is 0. The van der Waals surface area contributed by atoms with E-state index < -0.39 is 17.4 Å². The van der Waals surface area contributed by atoms with Gasteiger partial charge in [-0.05, 0) is 28.1 Å². The molecule has 0 saturated heterocycles. The first-order chi connectivity index (χ1) is 8.93. The van der Waals surface area contributed by atoms with Gasteiger partial charge in [0.25, 0.3) is 0 Å². The Morgan fingerprint density at radius 2 is 2.21 bits per heavy atom. The van der Waals surface area contributed by atoms with Gasteiger partial charge in [-0.2, -0.15) is 5.26 Å². The highest BCUT2D eigenvalue weighted by atomic mass is 79.9. The number of nitro groups is 1. The average Bonchev–Trinajstić information content (AvgIpc) is 2.30. The SMILES string of the molecule is N#CC1=C(N)Oc2c(Br)cc(Br)cc2[C@H]1C[N+](=O)[O-]. The lowest BCUT2D eigenvalue weighted by Gasteiger charge is -2.24. The second-order valence-electron chi connectivity index (χ2n) is 3.87. The fourth-order valence-electron chi connectivity index (χ4n) is 1.91. The smallest absolute Gasteiger partial charge is 0.215 e. The lowest BCUT2D eigenvalue weighted by atomic mass is 9.89. The van der Waals surface area contributed by atoms with Crippen molar-refractivity contribution in [2.45, 2.75) is 5.92 Å². The number of fused-ring (bicyclic) bond motifs is 1. The lowest BCUT2D eigenvalue weighted by molar-refractivity contribution is -0.482. The largest absolute Gasteiger partial charge is 0.439 e. The summed E-state index contributed by atoms with van der Waals surface area (Å²) in [6, 6.07) is 5.32. The molecule has 1 aromatic carbocycles. The fraction of sp³-hybridized carbons (Fsp3) is 0.182. The summed E-state index contributed by atoms with van der Waals surface area (Å²) in [5.74, 6) is -0.394. The second kappa shape index (κ2) is 5.19. The minimum Gasteiger partial charge on any atom is -0.439 e. The second-order valence-corrected chi connectivity index (χ2v) is 5.64. The number of nitrogens with two attached hydrogens (primary N) is 1. The van der Waals surface area contributed by atoms with Gasteiger partial charge in [-0.25, -0.2) is 0 Å². The van der Waals surface area contributed by atoms with E-state index in [1.54, 1.807) is 12.1 Å². The summed E-state index contributed by atoms with van der Waals surface area (Å²) < 4.78 is 6.72. The number of rotatable bonds is 2. The lowest BCUT2D eigenvalue weighted by Crippen LogP contribution is -2.25. The number of halogens is 2. The Bertz CT molecular complexity index is 637. The Kier molecular flexibility index (Phi) is 3.78. The summed E-state index contributed by atoms with van der Waals surface area (Å²) in [6.45, 7) is -0.414. The van der Waals surface area contributed by atoms with Crippen LogP contribution < -0.4 is 10.5 Å². The predicted molar refractivity (Wildman–Crippen MR) is 73.9 cm³/mol. The molecule has 19 heavy (non-hydrogen) atoms. The van der Waals surface area contributed by atoms with Crippen LogP contribution in [0.5, 0.6) is 5.75 Å². The van der Waals surface area contributed by atoms with Gasteiger partial charge in [0, 0.05) is 15.0 Å². The first kappa shape index (κ1) is 13.8. The van der Waals surface area contributed by atoms with E-state index in [0.29, 0.717) is 15.8 Å². The summed E-state index contributed by atoms with van der Waals surface area (Å²) >= 11 is 6.62. The van der Waals surface area contributed by atoms with Gasteiger partial charge in [-0.15, -0.1) is 0 Å². The van der Waals surface area contributed by atoms with E-state index in [2.05, 4.69) is 31.9 Å². The van der Waals surface area contributed by atoms with Crippen LogP contribution in [-0.4, -0.2) is 11.5 Å². The van der Waals surface area contributed by atoms with Crippen molar-refractivity contribution in [2.75, 3.05) is 6.54 Å². The Morgan fingerprint density at radius 1 is 1.53 bits per heavy atom. The molecule has 8 heteroatoms. The van der Waals surface area contributed by atoms with Gasteiger partial charge in [0.05, 0.1) is 10.4 Å². The van der Waals surface area contributed by atoms with Crippen LogP contribution in [-0.2, 0) is 0 Å². The molecule has 1 aromatic rings. The molecule has 0 aromatic heterocycles. The summed E-state index contributed by atoms with van der Waals surface area (Å²) in [5.41, 5.74) is 6.29. The van der Waals surface area contributed by atoms with Gasteiger partial charge in [-0.3, -0.25) is 10.1 Å². The molecule has 1 atom stereocenters. The van der Waals surface area contributed by atoms with E-state index in [9.17, 15) is 10.1 Å². The number of nitriles is 1. The van der Waals surface area contributed by atoms with E-state index in [4.69, 9.17) is 15.7 Å². The molecule has 1 aliphatic rings. The molecule has 0 radical (unpaired) electrons. The van der Waals surface area contributed by atoms with Gasteiger partial charge in [0.1, 0.15) is 17.4 Å². The predicted octanol–water partition coefficient (Wildman–Crippen LogP) is 2.66. The molecule has 0 aliphatic carbocycles. The van der Waals surface area contributed by atoms with Gasteiger partial charge in [0.2, 0.25) is 12.4 Å². The van der Waals surface area contributed by atoms with Crippen LogP contribution in [0, 0.1) is 21.4 Å². The average molecular weight is 389 g/mol. The molecule has 0 unspecified atom stereocenters. The number of benzene rings is 1. The molecular weight excluding hydrogens is 382 g/mol. The molecule has 1 aliphatic heterocycles. The van der Waals surface area contributed by atoms with Gasteiger partial charge in [-0.1, -0.05) is 15.9 Å². The standard InChI is InChI=1S/C11H7Br2N3O3/c12-5-1-6-8(4-16(17)18)7(3-14)11(15)19-10(6)9(13)2-5/h1-2,8H,4,15H2/t8-/m1/s1. The van der Waals surface area contributed by atoms with Crippen molar-refractivity contribution >= 4 is 31.9 Å². The zero-order valence-corrected chi connectivity index (χ0v) is 12.6. The zero-order chi connectivity index (χ0) is 14.2. The number of nitrogens with zero attached hydrogens (tertiary/aromatic N) is 2. The first-order valence-corrected chi connectivity index (χ1v) is 6.71. The first-order valence-electron chi connectivity index (χ1n) is 5.12. The van der Waals surface area contributed by atoms with Crippen molar-refractivity contribution in [1.82, 2.24) is 0 Å². The fourth-order valence-corrected chi connectivity index (χ4v) is 3.25. The summed E-state index contributed by atoms with van der Waals surface area (Å²) in [5, 5.41) is 19.9. The van der Waals surface area contributed by atoms with Gasteiger partial charge >= 0.3 is 0 Å². The van der Waals surface area contributed by atoms with Crippen LogP contribution in [0.25, 0.3) is 0 Å². The Morgan fingerprint density at radius 3 is 2.79 bits per heavy atom. The third-order valence-electron chi connectivity index (χ3n) is 2.69. The minimum absolute atomic E-state index is 0.0780. The summed E-state index contributed by atoms with van der Waals surface area (Å²) in [6.07, 6.45) is 0. The molecule has 6 nitrogen and oxygen atoms in total. The molecule has 0 spiro atoms. The summed E-state index contributed by atoms with van der Waals surface area (Å²) in [4.78, 5) is 10.3. The third-order valence-corrected chi connectivity index (χ3v) is 3.74. The normalized spacial score (nSPS) is 17.4. The quantitative estimate of drug-likeness (QED) is 0.619. The molecule has 2 rings (SSSR count). The van der Waals surface area contributed by atoms with E-state index in [1.807, 2.05) is 6.07 Å². The van der Waals surface area contributed by atoms with Crippen molar-refractivity contribution in [1.29, 1.82) is 5.26 Å². The Hall–Kier alpha value is -1.59. The highest BCUT2D eigenvalue weighted by Gasteiger charge is 2.34. The van der Waals surface area contributed by atoms with E-state index in [1.165, 1.54) is 0 Å². The molecule has 0 fully saturated rings. The van der Waals surface area contributed by atoms with Crippen molar-refractivity contribution in [3.63, 3.8) is 0 Å². The van der Waals surface area contributed by atoms with Crippen molar-refractivity contribution in [2.24, 2.45) is 5.73 Å². The number of hydrogen-bond acceptors (Lipinski definition) is 5. The molecule has 0 amide bonds. The number of hydrogen-bond donors (Lipinski definition) is 1. The van der Waals surface area contributed by atoms with E-state index >= 15 is 0 Å². The van der Waals surface area contributed by atoms with Gasteiger partial charge in [0.15, 0.2) is 0 Å². The van der Waals surface area contributed by atoms with Crippen LogP contribution in [0.4, 0.5) is 0 Å². The van der Waals surface area contributed by atoms with Crippen LogP contribution in [0.3, 0.4) is 0 Å². The third kappa shape index (κ3) is 2.57. The molecule has 0 saturated carbocycles. The van der Waals surface area contributed by atoms with Gasteiger partial charge < -0.3 is 10.5 Å². The van der Waals surface area contributed by atoms with Crippen LogP contribution >= 0.6 is 31.9 Å². The van der Waals surface area contributed by atoms with Crippen molar-refractivity contribution < 1.29 is 9.66 Å². The Labute approximate surface area is 125 Å². The Balaban J connectivity index is 2.63. The van der Waals surface area contributed by atoms with Crippen LogP contribution in [0.2, 0.25) is 0 Å². The topological polar surface area (TPSA) is 102 Å². The van der Waals surface area contributed by atoms with E-state index in [0.717, 1.165) is 4.47 Å². The highest BCUT2D eigenvalue weighted by molar-refractivity contribution is 9.11. The van der Waals surface area contributed by atoms with Crippen molar-refractivity contribution in [3.8, 4) is 11.8 Å². The maximum atomic E-state index is 10.8. The maximum Gasteiger partial charge on any atom is 0.215 e.